The van der Waals surface area contributed by atoms with Crippen molar-refractivity contribution in [3.63, 3.8) is 0 Å². The third kappa shape index (κ3) is 4.86. The number of hydrogen-bond acceptors (Lipinski definition) is 4. The van der Waals surface area contributed by atoms with Crippen LogP contribution in [0.3, 0.4) is 0 Å². The van der Waals surface area contributed by atoms with Crippen LogP contribution in [0.2, 0.25) is 0 Å². The van der Waals surface area contributed by atoms with Crippen LogP contribution in [-0.4, -0.2) is 55.4 Å². The van der Waals surface area contributed by atoms with Gasteiger partial charge in [0.05, 0.1) is 13.2 Å². The molecule has 5 heteroatoms. The van der Waals surface area contributed by atoms with Gasteiger partial charge in [0.15, 0.2) is 0 Å². The normalized spacial score (nSPS) is 29.2. The predicted molar refractivity (Wildman–Crippen MR) is 114 cm³/mol. The van der Waals surface area contributed by atoms with Crippen molar-refractivity contribution in [1.29, 1.82) is 0 Å². The fourth-order valence-electron chi connectivity index (χ4n) is 5.09. The first-order chi connectivity index (χ1) is 12.6. The number of halogens is 1. The molecule has 3 unspecified atom stereocenters. The van der Waals surface area contributed by atoms with Crippen LogP contribution in [0.15, 0.2) is 24.3 Å². The van der Waals surface area contributed by atoms with E-state index in [0.717, 1.165) is 39.4 Å². The van der Waals surface area contributed by atoms with E-state index in [2.05, 4.69) is 53.6 Å². The minimum absolute atomic E-state index is 0. The lowest BCUT2D eigenvalue weighted by molar-refractivity contribution is 0.0494. The summed E-state index contributed by atoms with van der Waals surface area (Å²) in [6.45, 7) is 10.9. The van der Waals surface area contributed by atoms with Crippen LogP contribution in [0.1, 0.15) is 44.2 Å². The van der Waals surface area contributed by atoms with Crippen molar-refractivity contribution in [2.45, 2.75) is 63.7 Å². The Morgan fingerprint density at radius 3 is 2.81 bits per heavy atom. The average molecular weight is 394 g/mol. The van der Waals surface area contributed by atoms with Crippen LogP contribution in [0, 0.1) is 5.92 Å². The largest absolute Gasteiger partial charge is 0.379 e. The number of benzene rings is 1. The molecule has 27 heavy (non-hydrogen) atoms. The van der Waals surface area contributed by atoms with E-state index in [9.17, 15) is 0 Å². The lowest BCUT2D eigenvalue weighted by atomic mass is 9.91. The fraction of sp³-hybridized carbons (Fsp3) is 0.727. The first-order valence-electron chi connectivity index (χ1n) is 10.5. The van der Waals surface area contributed by atoms with Gasteiger partial charge in [-0.1, -0.05) is 30.7 Å². The van der Waals surface area contributed by atoms with Crippen molar-refractivity contribution >= 4 is 12.4 Å². The highest BCUT2D eigenvalue weighted by atomic mass is 35.5. The van der Waals surface area contributed by atoms with Crippen molar-refractivity contribution < 1.29 is 4.74 Å². The van der Waals surface area contributed by atoms with E-state index in [1.54, 1.807) is 0 Å². The molecule has 4 rings (SSSR count). The molecule has 0 radical (unpaired) electrons. The average Bonchev–Trinajstić information content (AvgIpc) is 3.15. The molecule has 3 aliphatic rings. The number of fused-ring (bicyclic) bond motifs is 1. The van der Waals surface area contributed by atoms with Gasteiger partial charge in [0.2, 0.25) is 0 Å². The smallest absolute Gasteiger partial charge is 0.0623 e. The van der Waals surface area contributed by atoms with Gasteiger partial charge in [0.1, 0.15) is 0 Å². The minimum atomic E-state index is 0. The second-order valence-electron chi connectivity index (χ2n) is 8.97. The summed E-state index contributed by atoms with van der Waals surface area (Å²) in [5, 5.41) is 7.64. The Labute approximate surface area is 170 Å². The Kier molecular flexibility index (Phi) is 7.20. The van der Waals surface area contributed by atoms with Gasteiger partial charge in [0, 0.05) is 43.8 Å². The number of rotatable bonds is 5. The third-order valence-electron chi connectivity index (χ3n) is 6.82. The summed E-state index contributed by atoms with van der Waals surface area (Å²) in [5.74, 6) is 0.716. The molecule has 1 aliphatic carbocycles. The summed E-state index contributed by atoms with van der Waals surface area (Å²) < 4.78 is 5.72. The van der Waals surface area contributed by atoms with Crippen molar-refractivity contribution in [3.05, 3.63) is 35.4 Å². The zero-order valence-corrected chi connectivity index (χ0v) is 17.7. The van der Waals surface area contributed by atoms with Crippen LogP contribution in [0.4, 0.5) is 0 Å². The van der Waals surface area contributed by atoms with Gasteiger partial charge in [-0.3, -0.25) is 4.90 Å². The molecule has 2 N–H and O–H groups in total. The number of morpholine rings is 1. The van der Waals surface area contributed by atoms with Gasteiger partial charge < -0.3 is 15.4 Å². The Hall–Kier alpha value is -0.650. The van der Waals surface area contributed by atoms with Crippen molar-refractivity contribution in [2.75, 3.05) is 32.8 Å². The Morgan fingerprint density at radius 1 is 1.22 bits per heavy atom. The lowest BCUT2D eigenvalue weighted by Gasteiger charge is -2.43. The molecule has 2 heterocycles. The first kappa shape index (κ1) is 21.1. The molecule has 0 spiro atoms. The maximum Gasteiger partial charge on any atom is 0.0623 e. The quantitative estimate of drug-likeness (QED) is 0.806. The molecule has 152 valence electrons. The highest BCUT2D eigenvalue weighted by molar-refractivity contribution is 5.85. The number of nitrogens with zero attached hydrogens (tertiary/aromatic N) is 1. The van der Waals surface area contributed by atoms with Crippen LogP contribution < -0.4 is 10.6 Å². The van der Waals surface area contributed by atoms with Crippen LogP contribution in [-0.2, 0) is 17.7 Å². The molecule has 1 saturated heterocycles. The van der Waals surface area contributed by atoms with Gasteiger partial charge >= 0.3 is 0 Å². The van der Waals surface area contributed by atoms with Gasteiger partial charge in [-0.05, 0) is 50.2 Å². The molecule has 1 saturated carbocycles. The van der Waals surface area contributed by atoms with Crippen LogP contribution in [0.25, 0.3) is 0 Å². The van der Waals surface area contributed by atoms with Crippen LogP contribution in [0.5, 0.6) is 0 Å². The van der Waals surface area contributed by atoms with E-state index >= 15 is 0 Å². The standard InChI is InChI=1S/C22H35N3O.ClH/c1-22(2,25-12-10-17-6-3-4-7-18(17)14-25)16-24-20-9-5-8-19(20)21-15-26-13-11-23-21;/h3-4,6-7,19-21,23-24H,5,8-16H2,1-2H3;1H. The maximum atomic E-state index is 5.72. The van der Waals surface area contributed by atoms with Crippen molar-refractivity contribution in [3.8, 4) is 0 Å². The molecule has 4 nitrogen and oxygen atoms in total. The fourth-order valence-corrected chi connectivity index (χ4v) is 5.09. The summed E-state index contributed by atoms with van der Waals surface area (Å²) >= 11 is 0. The monoisotopic (exact) mass is 393 g/mol. The second kappa shape index (κ2) is 9.23. The SMILES string of the molecule is CC(C)(CNC1CCCC1C1COCCN1)N1CCc2ccccc2C1.Cl. The Bertz CT molecular complexity index is 603. The molecule has 0 aromatic heterocycles. The van der Waals surface area contributed by atoms with Gasteiger partial charge in [-0.25, -0.2) is 0 Å². The predicted octanol–water partition coefficient (Wildman–Crippen LogP) is 2.99. The van der Waals surface area contributed by atoms with E-state index in [1.165, 1.54) is 36.8 Å². The summed E-state index contributed by atoms with van der Waals surface area (Å²) in [4.78, 5) is 2.66. The summed E-state index contributed by atoms with van der Waals surface area (Å²) in [7, 11) is 0. The summed E-state index contributed by atoms with van der Waals surface area (Å²) in [6.07, 6.45) is 5.16. The van der Waals surface area contributed by atoms with Crippen LogP contribution >= 0.6 is 12.4 Å². The highest BCUT2D eigenvalue weighted by Gasteiger charge is 2.36. The van der Waals surface area contributed by atoms with Crippen molar-refractivity contribution in [2.24, 2.45) is 5.92 Å². The Morgan fingerprint density at radius 2 is 2.04 bits per heavy atom. The molecule has 1 aromatic carbocycles. The van der Waals surface area contributed by atoms with E-state index in [0.29, 0.717) is 18.0 Å². The van der Waals surface area contributed by atoms with Gasteiger partial charge in [-0.2, -0.15) is 0 Å². The van der Waals surface area contributed by atoms with Gasteiger partial charge in [0.25, 0.3) is 0 Å². The molecular weight excluding hydrogens is 358 g/mol. The second-order valence-corrected chi connectivity index (χ2v) is 8.97. The number of ether oxygens (including phenoxy) is 1. The molecule has 2 fully saturated rings. The first-order valence-corrected chi connectivity index (χ1v) is 10.5. The number of hydrogen-bond donors (Lipinski definition) is 2. The topological polar surface area (TPSA) is 36.5 Å². The lowest BCUT2D eigenvalue weighted by Crippen LogP contribution is -2.56. The zero-order chi connectivity index (χ0) is 18.0. The van der Waals surface area contributed by atoms with Crippen molar-refractivity contribution in [1.82, 2.24) is 15.5 Å². The van der Waals surface area contributed by atoms with E-state index < -0.39 is 0 Å². The summed E-state index contributed by atoms with van der Waals surface area (Å²) in [5.41, 5.74) is 3.22. The molecule has 0 amide bonds. The molecule has 0 bridgehead atoms. The zero-order valence-electron chi connectivity index (χ0n) is 16.9. The highest BCUT2D eigenvalue weighted by Crippen LogP contribution is 2.31. The summed E-state index contributed by atoms with van der Waals surface area (Å²) in [6, 6.07) is 10.1. The Balaban J connectivity index is 0.00000210. The van der Waals surface area contributed by atoms with E-state index in [-0.39, 0.29) is 17.9 Å². The molecule has 3 atom stereocenters. The van der Waals surface area contributed by atoms with E-state index in [4.69, 9.17) is 4.74 Å². The minimum Gasteiger partial charge on any atom is -0.379 e. The molecule has 1 aromatic rings. The number of nitrogens with one attached hydrogen (secondary N) is 2. The molecule has 2 aliphatic heterocycles. The molecular formula is C22H36ClN3O. The third-order valence-corrected chi connectivity index (χ3v) is 6.82. The van der Waals surface area contributed by atoms with E-state index in [1.807, 2.05) is 0 Å². The maximum absolute atomic E-state index is 5.72. The van der Waals surface area contributed by atoms with Gasteiger partial charge in [-0.15, -0.1) is 12.4 Å².